The Morgan fingerprint density at radius 3 is 3.27 bits per heavy atom. The normalized spacial score (nSPS) is 16.9. The average Bonchev–Trinajstić information content (AvgIpc) is 2.26. The van der Waals surface area contributed by atoms with Crippen molar-refractivity contribution in [1.29, 1.82) is 0 Å². The first-order valence-electron chi connectivity index (χ1n) is 5.17. The molecular weight excluding hydrogens is 208 g/mol. The number of thioether (sulfide) groups is 1. The average molecular weight is 224 g/mol. The molecule has 0 radical (unpaired) electrons. The van der Waals surface area contributed by atoms with Crippen molar-refractivity contribution in [3.05, 3.63) is 17.6 Å². The van der Waals surface area contributed by atoms with E-state index in [1.807, 2.05) is 18.7 Å². The molecule has 3 N–H and O–H groups in total. The minimum absolute atomic E-state index is 0.145. The van der Waals surface area contributed by atoms with Gasteiger partial charge in [0, 0.05) is 23.9 Å². The molecule has 0 aliphatic carbocycles. The lowest BCUT2D eigenvalue weighted by Crippen LogP contribution is -2.26. The number of anilines is 1. The monoisotopic (exact) mass is 224 g/mol. The molecule has 2 heterocycles. The predicted octanol–water partition coefficient (Wildman–Crippen LogP) is 1.02. The van der Waals surface area contributed by atoms with Crippen LogP contribution in [0.1, 0.15) is 18.2 Å². The van der Waals surface area contributed by atoms with E-state index in [2.05, 4.69) is 15.3 Å². The summed E-state index contributed by atoms with van der Waals surface area (Å²) < 4.78 is 0. The number of rotatable bonds is 3. The van der Waals surface area contributed by atoms with Crippen LogP contribution >= 0.6 is 11.8 Å². The van der Waals surface area contributed by atoms with E-state index in [-0.39, 0.29) is 6.04 Å². The van der Waals surface area contributed by atoms with Crippen molar-refractivity contribution in [3.63, 3.8) is 0 Å². The van der Waals surface area contributed by atoms with Gasteiger partial charge in [-0.1, -0.05) is 0 Å². The quantitative estimate of drug-likeness (QED) is 0.802. The van der Waals surface area contributed by atoms with E-state index >= 15 is 0 Å². The summed E-state index contributed by atoms with van der Waals surface area (Å²) in [6.45, 7) is 2.74. The Bertz CT molecular complexity index is 340. The molecule has 0 spiro atoms. The Morgan fingerprint density at radius 2 is 2.47 bits per heavy atom. The molecule has 4 nitrogen and oxygen atoms in total. The molecule has 0 saturated carbocycles. The van der Waals surface area contributed by atoms with E-state index in [1.165, 1.54) is 11.3 Å². The topological polar surface area (TPSA) is 63.8 Å². The lowest BCUT2D eigenvalue weighted by Gasteiger charge is -2.18. The maximum atomic E-state index is 5.71. The van der Waals surface area contributed by atoms with E-state index in [0.717, 1.165) is 30.3 Å². The third-order valence-electron chi connectivity index (χ3n) is 2.36. The van der Waals surface area contributed by atoms with E-state index in [9.17, 15) is 0 Å². The Morgan fingerprint density at radius 1 is 1.60 bits per heavy atom. The summed E-state index contributed by atoms with van der Waals surface area (Å²) in [6, 6.07) is 0.145. The zero-order valence-electron chi connectivity index (χ0n) is 8.86. The fourth-order valence-corrected chi connectivity index (χ4v) is 2.56. The summed E-state index contributed by atoms with van der Waals surface area (Å²) in [5.41, 5.74) is 8.15. The Labute approximate surface area is 94.1 Å². The maximum absolute atomic E-state index is 5.71. The van der Waals surface area contributed by atoms with Crippen LogP contribution in [0.15, 0.2) is 6.33 Å². The smallest absolute Gasteiger partial charge is 0.133 e. The number of fused-ring (bicyclic) bond motifs is 1. The molecule has 5 heteroatoms. The number of nitrogens with zero attached hydrogens (tertiary/aromatic N) is 2. The van der Waals surface area contributed by atoms with Crippen molar-refractivity contribution in [3.8, 4) is 0 Å². The molecule has 1 aromatic heterocycles. The number of nitrogens with one attached hydrogen (secondary N) is 1. The highest BCUT2D eigenvalue weighted by Crippen LogP contribution is 2.27. The Hall–Kier alpha value is -0.810. The van der Waals surface area contributed by atoms with Gasteiger partial charge in [0.2, 0.25) is 0 Å². The molecule has 0 aromatic carbocycles. The molecule has 15 heavy (non-hydrogen) atoms. The first-order valence-corrected chi connectivity index (χ1v) is 6.33. The first-order chi connectivity index (χ1) is 7.27. The summed E-state index contributed by atoms with van der Waals surface area (Å²) in [6.07, 6.45) is 2.69. The molecule has 1 atom stereocenters. The van der Waals surface area contributed by atoms with E-state index < -0.39 is 0 Å². The van der Waals surface area contributed by atoms with Crippen LogP contribution in [0, 0.1) is 0 Å². The number of hydrogen-bond donors (Lipinski definition) is 2. The molecule has 0 saturated heterocycles. The molecule has 1 unspecified atom stereocenters. The zero-order valence-corrected chi connectivity index (χ0v) is 9.68. The Kier molecular flexibility index (Phi) is 3.43. The third kappa shape index (κ3) is 2.60. The van der Waals surface area contributed by atoms with Crippen molar-refractivity contribution >= 4 is 17.6 Å². The second kappa shape index (κ2) is 4.81. The van der Waals surface area contributed by atoms with Gasteiger partial charge in [-0.05, 0) is 19.1 Å². The highest BCUT2D eigenvalue weighted by Gasteiger charge is 2.15. The highest BCUT2D eigenvalue weighted by molar-refractivity contribution is 7.98. The minimum atomic E-state index is 0.145. The summed E-state index contributed by atoms with van der Waals surface area (Å²) in [5.74, 6) is 3.14. The lowest BCUT2D eigenvalue weighted by atomic mass is 10.2. The van der Waals surface area contributed by atoms with Gasteiger partial charge in [-0.15, -0.1) is 0 Å². The molecule has 0 bridgehead atoms. The molecule has 82 valence electrons. The van der Waals surface area contributed by atoms with Crippen LogP contribution in [0.4, 0.5) is 5.82 Å². The van der Waals surface area contributed by atoms with Gasteiger partial charge in [-0.2, -0.15) is 11.8 Å². The van der Waals surface area contributed by atoms with Gasteiger partial charge in [-0.3, -0.25) is 0 Å². The van der Waals surface area contributed by atoms with E-state index in [1.54, 1.807) is 6.33 Å². The van der Waals surface area contributed by atoms with Crippen LogP contribution in [0.3, 0.4) is 0 Å². The van der Waals surface area contributed by atoms with Crippen molar-refractivity contribution in [2.24, 2.45) is 5.73 Å². The van der Waals surface area contributed by atoms with Gasteiger partial charge >= 0.3 is 0 Å². The molecule has 0 amide bonds. The van der Waals surface area contributed by atoms with Crippen LogP contribution < -0.4 is 11.1 Å². The number of aromatic nitrogens is 2. The highest BCUT2D eigenvalue weighted by atomic mass is 32.2. The number of nitrogens with two attached hydrogens (primary N) is 1. The van der Waals surface area contributed by atoms with Crippen LogP contribution in [0.25, 0.3) is 0 Å². The van der Waals surface area contributed by atoms with E-state index in [0.29, 0.717) is 0 Å². The zero-order chi connectivity index (χ0) is 10.7. The maximum Gasteiger partial charge on any atom is 0.133 e. The van der Waals surface area contributed by atoms with Crippen molar-refractivity contribution in [2.45, 2.75) is 25.1 Å². The van der Waals surface area contributed by atoms with Gasteiger partial charge in [0.25, 0.3) is 0 Å². The van der Waals surface area contributed by atoms with Gasteiger partial charge < -0.3 is 11.1 Å². The van der Waals surface area contributed by atoms with Gasteiger partial charge in [-0.25, -0.2) is 9.97 Å². The summed E-state index contributed by atoms with van der Waals surface area (Å²) in [7, 11) is 0. The summed E-state index contributed by atoms with van der Waals surface area (Å²) in [4.78, 5) is 8.58. The number of hydrogen-bond acceptors (Lipinski definition) is 5. The van der Waals surface area contributed by atoms with Gasteiger partial charge in [0.05, 0.1) is 5.69 Å². The summed E-state index contributed by atoms with van der Waals surface area (Å²) >= 11 is 1.93. The fraction of sp³-hybridized carbons (Fsp3) is 0.600. The van der Waals surface area contributed by atoms with Crippen molar-refractivity contribution in [1.82, 2.24) is 9.97 Å². The first kappa shape index (κ1) is 10.7. The van der Waals surface area contributed by atoms with Crippen LogP contribution in [-0.4, -0.2) is 28.3 Å². The van der Waals surface area contributed by atoms with Gasteiger partial charge in [0.1, 0.15) is 12.1 Å². The van der Waals surface area contributed by atoms with Crippen LogP contribution in [0.2, 0.25) is 0 Å². The molecule has 1 aromatic rings. The minimum Gasteiger partial charge on any atom is -0.368 e. The van der Waals surface area contributed by atoms with Crippen LogP contribution in [-0.2, 0) is 12.2 Å². The molecule has 0 fully saturated rings. The lowest BCUT2D eigenvalue weighted by molar-refractivity contribution is 0.774. The fourth-order valence-electron chi connectivity index (χ4n) is 1.57. The molecule has 1 aliphatic rings. The van der Waals surface area contributed by atoms with Crippen LogP contribution in [0.5, 0.6) is 0 Å². The number of aryl methyl sites for hydroxylation is 1. The second-order valence-electron chi connectivity index (χ2n) is 3.81. The van der Waals surface area contributed by atoms with Gasteiger partial charge in [0.15, 0.2) is 0 Å². The predicted molar refractivity (Wildman–Crippen MR) is 64.0 cm³/mol. The second-order valence-corrected chi connectivity index (χ2v) is 4.91. The Balaban J connectivity index is 2.16. The van der Waals surface area contributed by atoms with E-state index in [4.69, 9.17) is 5.73 Å². The molecule has 2 rings (SSSR count). The third-order valence-corrected chi connectivity index (χ3v) is 3.34. The SMILES string of the molecule is CC(N)CNc1ncnc2c1CSCC2. The molecular formula is C10H16N4S. The summed E-state index contributed by atoms with van der Waals surface area (Å²) in [5, 5.41) is 3.28. The van der Waals surface area contributed by atoms with Crippen molar-refractivity contribution in [2.75, 3.05) is 17.6 Å². The standard InChI is InChI=1S/C10H16N4S/c1-7(11)4-12-10-8-5-15-3-2-9(8)13-6-14-10/h6-7H,2-5,11H2,1H3,(H,12,13,14). The molecule has 1 aliphatic heterocycles. The van der Waals surface area contributed by atoms with Crippen molar-refractivity contribution < 1.29 is 0 Å². The largest absolute Gasteiger partial charge is 0.368 e.